The molecule has 1 aromatic carbocycles. The van der Waals surface area contributed by atoms with Gasteiger partial charge in [-0.1, -0.05) is 18.2 Å². The van der Waals surface area contributed by atoms with Gasteiger partial charge in [-0.05, 0) is 17.7 Å². The van der Waals surface area contributed by atoms with E-state index in [2.05, 4.69) is 15.3 Å². The molecule has 5 nitrogen and oxygen atoms in total. The first-order valence-corrected chi connectivity index (χ1v) is 6.61. The zero-order valence-electron chi connectivity index (χ0n) is 11.6. The Hall–Kier alpha value is -2.82. The number of nitrogens with one attached hydrogen (secondary N) is 2. The van der Waals surface area contributed by atoms with Crippen LogP contribution >= 0.6 is 0 Å². The molecule has 3 aromatic rings. The number of para-hydroxylation sites is 1. The maximum atomic E-state index is 12.3. The summed E-state index contributed by atoms with van der Waals surface area (Å²) in [6.45, 7) is 0.424. The molecule has 0 spiro atoms. The molecule has 0 fully saturated rings. The summed E-state index contributed by atoms with van der Waals surface area (Å²) >= 11 is 0. The van der Waals surface area contributed by atoms with Crippen molar-refractivity contribution in [3.8, 4) is 5.88 Å². The van der Waals surface area contributed by atoms with Crippen LogP contribution in [0, 0.1) is 0 Å². The number of pyridine rings is 1. The highest BCUT2D eigenvalue weighted by Crippen LogP contribution is 2.17. The number of nitrogens with zero attached hydrogens (tertiary/aromatic N) is 1. The average molecular weight is 281 g/mol. The van der Waals surface area contributed by atoms with Gasteiger partial charge in [-0.2, -0.15) is 0 Å². The quantitative estimate of drug-likeness (QED) is 0.772. The molecule has 3 rings (SSSR count). The number of fused-ring (bicyclic) bond motifs is 1. The maximum Gasteiger partial charge on any atom is 0.253 e. The van der Waals surface area contributed by atoms with E-state index in [1.54, 1.807) is 25.4 Å². The standard InChI is InChI=1S/C16H15N3O2/c1-21-14-6-5-11(9-18-14)10-19-16(20)13-4-2-3-12-7-8-17-15(12)13/h2-9,17H,10H2,1H3,(H,19,20). The Morgan fingerprint density at radius 3 is 2.95 bits per heavy atom. The Morgan fingerprint density at radius 1 is 1.29 bits per heavy atom. The van der Waals surface area contributed by atoms with E-state index in [0.29, 0.717) is 18.0 Å². The first-order chi connectivity index (χ1) is 10.3. The molecule has 0 saturated heterocycles. The van der Waals surface area contributed by atoms with Gasteiger partial charge < -0.3 is 15.0 Å². The van der Waals surface area contributed by atoms with Gasteiger partial charge in [0.1, 0.15) is 0 Å². The van der Waals surface area contributed by atoms with Crippen molar-refractivity contribution in [3.63, 3.8) is 0 Å². The first-order valence-electron chi connectivity index (χ1n) is 6.61. The van der Waals surface area contributed by atoms with Crippen LogP contribution in [0.15, 0.2) is 48.8 Å². The molecule has 0 aliphatic heterocycles. The van der Waals surface area contributed by atoms with Crippen LogP contribution < -0.4 is 10.1 Å². The lowest BCUT2D eigenvalue weighted by Crippen LogP contribution is -2.23. The van der Waals surface area contributed by atoms with Crippen LogP contribution in [0.1, 0.15) is 15.9 Å². The number of H-pyrrole nitrogens is 1. The molecule has 0 radical (unpaired) electrons. The van der Waals surface area contributed by atoms with Gasteiger partial charge >= 0.3 is 0 Å². The number of carbonyl (C=O) groups excluding carboxylic acids is 1. The van der Waals surface area contributed by atoms with Crippen LogP contribution in [-0.2, 0) is 6.54 Å². The fraction of sp³-hybridized carbons (Fsp3) is 0.125. The number of methoxy groups -OCH3 is 1. The zero-order chi connectivity index (χ0) is 14.7. The Kier molecular flexibility index (Phi) is 3.55. The van der Waals surface area contributed by atoms with E-state index >= 15 is 0 Å². The topological polar surface area (TPSA) is 67.0 Å². The largest absolute Gasteiger partial charge is 0.481 e. The van der Waals surface area contributed by atoms with E-state index in [0.717, 1.165) is 16.5 Å². The number of amides is 1. The van der Waals surface area contributed by atoms with Crippen molar-refractivity contribution in [1.29, 1.82) is 0 Å². The normalized spacial score (nSPS) is 10.5. The van der Waals surface area contributed by atoms with Crippen LogP contribution in [0.4, 0.5) is 0 Å². The molecule has 0 aliphatic rings. The number of aromatic nitrogens is 2. The Morgan fingerprint density at radius 2 is 2.19 bits per heavy atom. The third kappa shape index (κ3) is 2.72. The molecule has 0 bridgehead atoms. The molecule has 2 aromatic heterocycles. The Balaban J connectivity index is 1.72. The lowest BCUT2D eigenvalue weighted by molar-refractivity contribution is 0.0952. The molecule has 2 N–H and O–H groups in total. The van der Waals surface area contributed by atoms with Gasteiger partial charge in [-0.3, -0.25) is 4.79 Å². The van der Waals surface area contributed by atoms with E-state index < -0.39 is 0 Å². The molecular weight excluding hydrogens is 266 g/mol. The minimum atomic E-state index is -0.112. The molecule has 1 amide bonds. The predicted molar refractivity (Wildman–Crippen MR) is 80.3 cm³/mol. The van der Waals surface area contributed by atoms with E-state index in [1.807, 2.05) is 30.5 Å². The van der Waals surface area contributed by atoms with Crippen LogP contribution in [-0.4, -0.2) is 23.0 Å². The number of ether oxygens (including phenoxy) is 1. The Bertz CT molecular complexity index is 763. The predicted octanol–water partition coefficient (Wildman–Crippen LogP) is 2.50. The van der Waals surface area contributed by atoms with Gasteiger partial charge in [0.05, 0.1) is 18.2 Å². The van der Waals surface area contributed by atoms with Crippen molar-refractivity contribution in [1.82, 2.24) is 15.3 Å². The summed E-state index contributed by atoms with van der Waals surface area (Å²) in [5, 5.41) is 3.92. The van der Waals surface area contributed by atoms with E-state index in [1.165, 1.54) is 0 Å². The molecule has 0 unspecified atom stereocenters. The number of benzene rings is 1. The number of rotatable bonds is 4. The monoisotopic (exact) mass is 281 g/mol. The second-order valence-corrected chi connectivity index (χ2v) is 4.64. The van der Waals surface area contributed by atoms with E-state index in [4.69, 9.17) is 4.74 Å². The summed E-state index contributed by atoms with van der Waals surface area (Å²) in [7, 11) is 1.57. The van der Waals surface area contributed by atoms with Gasteiger partial charge in [0, 0.05) is 30.4 Å². The summed E-state index contributed by atoms with van der Waals surface area (Å²) in [4.78, 5) is 19.5. The number of carbonyl (C=O) groups is 1. The fourth-order valence-corrected chi connectivity index (χ4v) is 2.19. The second-order valence-electron chi connectivity index (χ2n) is 4.64. The lowest BCUT2D eigenvalue weighted by atomic mass is 10.1. The van der Waals surface area contributed by atoms with Gasteiger partial charge in [0.2, 0.25) is 5.88 Å². The molecule has 21 heavy (non-hydrogen) atoms. The van der Waals surface area contributed by atoms with Gasteiger partial charge in [-0.15, -0.1) is 0 Å². The van der Waals surface area contributed by atoms with Crippen LogP contribution in [0.2, 0.25) is 0 Å². The third-order valence-corrected chi connectivity index (χ3v) is 3.29. The summed E-state index contributed by atoms with van der Waals surface area (Å²) in [5.41, 5.74) is 2.41. The van der Waals surface area contributed by atoms with Crippen molar-refractivity contribution < 1.29 is 9.53 Å². The molecule has 5 heteroatoms. The summed E-state index contributed by atoms with van der Waals surface area (Å²) < 4.78 is 5.00. The minimum Gasteiger partial charge on any atom is -0.481 e. The molecule has 106 valence electrons. The first kappa shape index (κ1) is 13.2. The molecule has 0 saturated carbocycles. The fourth-order valence-electron chi connectivity index (χ4n) is 2.19. The van der Waals surface area contributed by atoms with Gasteiger partial charge in [0.25, 0.3) is 5.91 Å². The van der Waals surface area contributed by atoms with Crippen molar-refractivity contribution >= 4 is 16.8 Å². The highest BCUT2D eigenvalue weighted by atomic mass is 16.5. The zero-order valence-corrected chi connectivity index (χ0v) is 11.6. The lowest BCUT2D eigenvalue weighted by Gasteiger charge is -2.07. The minimum absolute atomic E-state index is 0.112. The Labute approximate surface area is 122 Å². The SMILES string of the molecule is COc1ccc(CNC(=O)c2cccc3cc[nH]c23)cn1. The molecule has 2 heterocycles. The van der Waals surface area contributed by atoms with E-state index in [-0.39, 0.29) is 5.91 Å². The van der Waals surface area contributed by atoms with Crippen molar-refractivity contribution in [2.75, 3.05) is 7.11 Å². The smallest absolute Gasteiger partial charge is 0.253 e. The summed E-state index contributed by atoms with van der Waals surface area (Å²) in [6.07, 6.45) is 3.52. The highest BCUT2D eigenvalue weighted by molar-refractivity contribution is 6.05. The number of aromatic amines is 1. The van der Waals surface area contributed by atoms with Gasteiger partial charge in [0.15, 0.2) is 0 Å². The molecule has 0 atom stereocenters. The van der Waals surface area contributed by atoms with Crippen molar-refractivity contribution in [2.45, 2.75) is 6.54 Å². The summed E-state index contributed by atoms with van der Waals surface area (Å²) in [5.74, 6) is 0.445. The maximum absolute atomic E-state index is 12.3. The van der Waals surface area contributed by atoms with Crippen LogP contribution in [0.3, 0.4) is 0 Å². The average Bonchev–Trinajstić information content (AvgIpc) is 3.01. The molecule has 0 aliphatic carbocycles. The summed E-state index contributed by atoms with van der Waals surface area (Å²) in [6, 6.07) is 11.2. The van der Waals surface area contributed by atoms with Crippen molar-refractivity contribution in [2.24, 2.45) is 0 Å². The molecular formula is C16H15N3O2. The number of hydrogen-bond donors (Lipinski definition) is 2. The highest BCUT2D eigenvalue weighted by Gasteiger charge is 2.10. The number of hydrogen-bond acceptors (Lipinski definition) is 3. The van der Waals surface area contributed by atoms with Crippen molar-refractivity contribution in [3.05, 3.63) is 59.9 Å². The van der Waals surface area contributed by atoms with Crippen LogP contribution in [0.5, 0.6) is 5.88 Å². The van der Waals surface area contributed by atoms with Crippen LogP contribution in [0.25, 0.3) is 10.9 Å². The van der Waals surface area contributed by atoms with Gasteiger partial charge in [-0.25, -0.2) is 4.98 Å². The van der Waals surface area contributed by atoms with E-state index in [9.17, 15) is 4.79 Å². The second kappa shape index (κ2) is 5.66. The third-order valence-electron chi connectivity index (χ3n) is 3.29.